The topological polar surface area (TPSA) is 6.48 Å². The average Bonchev–Trinajstić information content (AvgIpc) is 2.51. The lowest BCUT2D eigenvalue weighted by molar-refractivity contribution is 0.0928. The third kappa shape index (κ3) is 1.56. The van der Waals surface area contributed by atoms with E-state index in [0.717, 1.165) is 13.1 Å². The van der Waals surface area contributed by atoms with Crippen molar-refractivity contribution in [2.45, 2.75) is 12.6 Å². The zero-order valence-corrected chi connectivity index (χ0v) is 8.69. The molecule has 3 rings (SSSR count). The van der Waals surface area contributed by atoms with E-state index in [4.69, 9.17) is 0 Å². The number of hydrogen-bond donors (Lipinski definition) is 0. The second-order valence-corrected chi connectivity index (χ2v) is 4.35. The minimum absolute atomic E-state index is 0.146. The molecule has 0 aromatic heterocycles. The predicted molar refractivity (Wildman–Crippen MR) is 56.9 cm³/mol. The summed E-state index contributed by atoms with van der Waals surface area (Å²) in [5.74, 6) is -0.146. The Balaban J connectivity index is 1.90. The van der Waals surface area contributed by atoms with Gasteiger partial charge in [-0.25, -0.2) is 4.39 Å². The molecular formula is C12H15FN2. The van der Waals surface area contributed by atoms with Crippen molar-refractivity contribution < 1.29 is 4.39 Å². The Hall–Kier alpha value is -0.930. The molecule has 2 atom stereocenters. The molecule has 2 unspecified atom stereocenters. The molecule has 2 aliphatic heterocycles. The van der Waals surface area contributed by atoms with E-state index in [-0.39, 0.29) is 5.82 Å². The molecule has 0 spiro atoms. The zero-order chi connectivity index (χ0) is 10.3. The van der Waals surface area contributed by atoms with Gasteiger partial charge in [0, 0.05) is 26.2 Å². The first-order chi connectivity index (χ1) is 7.34. The summed E-state index contributed by atoms with van der Waals surface area (Å²) in [7, 11) is 0. The van der Waals surface area contributed by atoms with Crippen LogP contribution in [-0.2, 0) is 0 Å². The lowest BCUT2D eigenvalue weighted by Gasteiger charge is -2.35. The predicted octanol–water partition coefficient (Wildman–Crippen LogP) is 1.85. The van der Waals surface area contributed by atoms with Gasteiger partial charge in [-0.1, -0.05) is 12.1 Å². The number of benzene rings is 1. The molecule has 0 radical (unpaired) electrons. The highest BCUT2D eigenvalue weighted by atomic mass is 19.1. The molecular weight excluding hydrogens is 191 g/mol. The van der Waals surface area contributed by atoms with Gasteiger partial charge in [0.25, 0.3) is 0 Å². The number of halogens is 1. The second kappa shape index (κ2) is 3.58. The van der Waals surface area contributed by atoms with E-state index in [2.05, 4.69) is 9.80 Å². The molecule has 80 valence electrons. The smallest absolute Gasteiger partial charge is 0.123 e. The maximum absolute atomic E-state index is 12.8. The van der Waals surface area contributed by atoms with Crippen LogP contribution in [0, 0.1) is 5.82 Å². The fraction of sp³-hybridized carbons (Fsp3) is 0.500. The van der Waals surface area contributed by atoms with E-state index >= 15 is 0 Å². The van der Waals surface area contributed by atoms with Crippen molar-refractivity contribution >= 4 is 0 Å². The maximum Gasteiger partial charge on any atom is 0.123 e. The minimum Gasteiger partial charge on any atom is -0.283 e. The molecule has 0 aliphatic carbocycles. The Morgan fingerprint density at radius 3 is 2.13 bits per heavy atom. The molecule has 2 fully saturated rings. The highest BCUT2D eigenvalue weighted by Gasteiger charge is 2.35. The van der Waals surface area contributed by atoms with Crippen LogP contribution in [0.1, 0.15) is 18.2 Å². The van der Waals surface area contributed by atoms with Gasteiger partial charge < -0.3 is 0 Å². The largest absolute Gasteiger partial charge is 0.283 e. The van der Waals surface area contributed by atoms with E-state index in [1.807, 2.05) is 12.1 Å². The lowest BCUT2D eigenvalue weighted by atomic mass is 10.1. The summed E-state index contributed by atoms with van der Waals surface area (Å²) in [5.41, 5.74) is 1.23. The van der Waals surface area contributed by atoms with Gasteiger partial charge in [0.2, 0.25) is 0 Å². The van der Waals surface area contributed by atoms with Crippen LogP contribution in [0.5, 0.6) is 0 Å². The molecule has 3 heteroatoms. The summed E-state index contributed by atoms with van der Waals surface area (Å²) in [4.78, 5) is 4.97. The molecule has 2 saturated heterocycles. The Labute approximate surface area is 89.3 Å². The van der Waals surface area contributed by atoms with Crippen molar-refractivity contribution in [3.63, 3.8) is 0 Å². The average molecular weight is 206 g/mol. The van der Waals surface area contributed by atoms with E-state index in [9.17, 15) is 4.39 Å². The van der Waals surface area contributed by atoms with E-state index in [1.54, 1.807) is 12.1 Å². The number of rotatable bonds is 1. The summed E-state index contributed by atoms with van der Waals surface area (Å²) < 4.78 is 12.8. The molecule has 2 bridgehead atoms. The highest BCUT2D eigenvalue weighted by Crippen LogP contribution is 2.33. The number of fused-ring (bicyclic) bond motifs is 2. The van der Waals surface area contributed by atoms with E-state index < -0.39 is 0 Å². The SMILES string of the molecule is Fc1ccc(C2N3CCCN2CC3)cc1. The van der Waals surface area contributed by atoms with Crippen LogP contribution >= 0.6 is 0 Å². The van der Waals surface area contributed by atoms with Gasteiger partial charge in [-0.3, -0.25) is 9.80 Å². The number of hydrogen-bond acceptors (Lipinski definition) is 2. The van der Waals surface area contributed by atoms with Gasteiger partial charge in [0.15, 0.2) is 0 Å². The van der Waals surface area contributed by atoms with Crippen molar-refractivity contribution in [2.75, 3.05) is 26.2 Å². The third-order valence-electron chi connectivity index (χ3n) is 3.42. The van der Waals surface area contributed by atoms with Gasteiger partial charge >= 0.3 is 0 Å². The Kier molecular flexibility index (Phi) is 2.22. The first-order valence-electron chi connectivity index (χ1n) is 5.58. The van der Waals surface area contributed by atoms with Crippen molar-refractivity contribution in [3.8, 4) is 0 Å². The number of nitrogens with zero attached hydrogens (tertiary/aromatic N) is 2. The fourth-order valence-corrected chi connectivity index (χ4v) is 2.73. The van der Waals surface area contributed by atoms with Crippen molar-refractivity contribution in [2.24, 2.45) is 0 Å². The van der Waals surface area contributed by atoms with Crippen molar-refractivity contribution in [1.82, 2.24) is 9.80 Å². The van der Waals surface area contributed by atoms with Gasteiger partial charge in [0.05, 0.1) is 6.17 Å². The molecule has 0 saturated carbocycles. The summed E-state index contributed by atoms with van der Waals surface area (Å²) in [5, 5.41) is 0. The Morgan fingerprint density at radius 1 is 0.933 bits per heavy atom. The highest BCUT2D eigenvalue weighted by molar-refractivity contribution is 5.21. The van der Waals surface area contributed by atoms with Gasteiger partial charge in [-0.15, -0.1) is 0 Å². The summed E-state index contributed by atoms with van der Waals surface area (Å²) in [6.45, 7) is 4.67. The maximum atomic E-state index is 12.8. The van der Waals surface area contributed by atoms with Crippen LogP contribution < -0.4 is 0 Å². The van der Waals surface area contributed by atoms with Crippen LogP contribution in [0.15, 0.2) is 24.3 Å². The molecule has 2 aliphatic rings. The van der Waals surface area contributed by atoms with E-state index in [0.29, 0.717) is 6.17 Å². The van der Waals surface area contributed by atoms with Gasteiger partial charge in [-0.2, -0.15) is 0 Å². The van der Waals surface area contributed by atoms with Crippen LogP contribution in [0.2, 0.25) is 0 Å². The summed E-state index contributed by atoms with van der Waals surface area (Å²) in [6.07, 6.45) is 1.66. The lowest BCUT2D eigenvalue weighted by Crippen LogP contribution is -2.37. The second-order valence-electron chi connectivity index (χ2n) is 4.35. The van der Waals surface area contributed by atoms with Crippen LogP contribution in [-0.4, -0.2) is 36.0 Å². The minimum atomic E-state index is -0.146. The Morgan fingerprint density at radius 2 is 1.53 bits per heavy atom. The third-order valence-corrected chi connectivity index (χ3v) is 3.42. The normalized spacial score (nSPS) is 34.3. The fourth-order valence-electron chi connectivity index (χ4n) is 2.73. The summed E-state index contributed by atoms with van der Waals surface area (Å²) >= 11 is 0. The van der Waals surface area contributed by atoms with Crippen LogP contribution in [0.3, 0.4) is 0 Å². The first-order valence-corrected chi connectivity index (χ1v) is 5.58. The standard InChI is InChI=1S/C12H15FN2/c13-11-4-2-10(3-5-11)12-14-6-1-7-15(12)9-8-14/h2-5,12H,1,6-9H2. The molecule has 1 aromatic rings. The Bertz CT molecular complexity index is 333. The molecule has 0 N–H and O–H groups in total. The summed E-state index contributed by atoms with van der Waals surface area (Å²) in [6, 6.07) is 6.95. The molecule has 15 heavy (non-hydrogen) atoms. The van der Waals surface area contributed by atoms with Crippen LogP contribution in [0.25, 0.3) is 0 Å². The zero-order valence-electron chi connectivity index (χ0n) is 8.69. The quantitative estimate of drug-likeness (QED) is 0.692. The monoisotopic (exact) mass is 206 g/mol. The van der Waals surface area contributed by atoms with Crippen molar-refractivity contribution in [1.29, 1.82) is 0 Å². The molecule has 2 heterocycles. The first kappa shape index (κ1) is 9.31. The van der Waals surface area contributed by atoms with Crippen molar-refractivity contribution in [3.05, 3.63) is 35.6 Å². The molecule has 0 amide bonds. The molecule has 2 nitrogen and oxygen atoms in total. The van der Waals surface area contributed by atoms with E-state index in [1.165, 1.54) is 25.1 Å². The van der Waals surface area contributed by atoms with Gasteiger partial charge in [-0.05, 0) is 24.1 Å². The molecule has 1 aromatic carbocycles. The van der Waals surface area contributed by atoms with Crippen LogP contribution in [0.4, 0.5) is 4.39 Å². The van der Waals surface area contributed by atoms with Gasteiger partial charge in [0.1, 0.15) is 5.82 Å².